The summed E-state index contributed by atoms with van der Waals surface area (Å²) in [5.74, 6) is -2.04. The number of hydrogen-bond acceptors (Lipinski definition) is 7. The van der Waals surface area contributed by atoms with E-state index in [1.807, 2.05) is 21.1 Å². The Morgan fingerprint density at radius 2 is 0.731 bits per heavy atom. The quantitative estimate of drug-likeness (QED) is 0.0211. The van der Waals surface area contributed by atoms with Crippen LogP contribution in [0.3, 0.4) is 0 Å². The van der Waals surface area contributed by atoms with Crippen LogP contribution in [0.2, 0.25) is 0 Å². The van der Waals surface area contributed by atoms with Crippen LogP contribution in [0.1, 0.15) is 226 Å². The van der Waals surface area contributed by atoms with Gasteiger partial charge in [-0.05, 0) is 96.3 Å². The van der Waals surface area contributed by atoms with Crippen LogP contribution in [-0.2, 0) is 33.3 Å². The van der Waals surface area contributed by atoms with Gasteiger partial charge in [0.25, 0.3) is 6.29 Å². The number of quaternary nitrogens is 1. The van der Waals surface area contributed by atoms with Gasteiger partial charge < -0.3 is 28.5 Å². The first-order valence-electron chi connectivity index (χ1n) is 30.8. The second kappa shape index (κ2) is 58.6. The molecule has 0 saturated heterocycles. The standard InChI is InChI=1S/C69H113NO8/c1-6-8-10-12-14-16-18-20-22-23-24-25-26-27-28-29-30-31-32-33-34-35-36-37-38-39-40-41-42-43-44-45-46-48-50-52-54-56-58-60-67(72)78-65(64-77-69(68(73)74)75-62-61-70(3,4)5)63-76-66(71)59-57-55-53-51-49-47-21-19-17-15-13-11-9-7-2/h8,10,14,16,20,22,24-25,27-28,30-31,33-34,36-37,39-40,42-43,45-46,65,69H,6-7,9,11-13,15,17-19,21,23,26,29,32,35,38,41,44,47-64H2,1-5H3/p+1/b10-8-,16-14-,22-20-,25-24-,28-27-,31-30-,34-33-,37-36-,40-39-,43-42-,46-45-. The first-order chi connectivity index (χ1) is 38.1. The van der Waals surface area contributed by atoms with Crippen LogP contribution in [0.4, 0.5) is 0 Å². The van der Waals surface area contributed by atoms with Gasteiger partial charge in [0.2, 0.25) is 0 Å². The molecule has 2 atom stereocenters. The summed E-state index contributed by atoms with van der Waals surface area (Å²) in [6.45, 7) is 4.73. The minimum absolute atomic E-state index is 0.178. The van der Waals surface area contributed by atoms with Crippen molar-refractivity contribution in [1.82, 2.24) is 0 Å². The number of carboxylic acids is 1. The largest absolute Gasteiger partial charge is 0.477 e. The molecule has 2 unspecified atom stereocenters. The van der Waals surface area contributed by atoms with E-state index < -0.39 is 24.3 Å². The summed E-state index contributed by atoms with van der Waals surface area (Å²) in [6.07, 6.45) is 81.1. The molecule has 0 amide bonds. The summed E-state index contributed by atoms with van der Waals surface area (Å²) in [5, 5.41) is 9.70. The Kier molecular flexibility index (Phi) is 55.1. The lowest BCUT2D eigenvalue weighted by atomic mass is 10.0. The van der Waals surface area contributed by atoms with E-state index in [1.54, 1.807) is 0 Å². The van der Waals surface area contributed by atoms with Gasteiger partial charge in [-0.2, -0.15) is 0 Å². The third kappa shape index (κ3) is 59.1. The van der Waals surface area contributed by atoms with Crippen molar-refractivity contribution in [3.63, 3.8) is 0 Å². The number of aliphatic carboxylic acids is 1. The van der Waals surface area contributed by atoms with E-state index in [-0.39, 0.29) is 32.2 Å². The third-order valence-corrected chi connectivity index (χ3v) is 12.7. The Morgan fingerprint density at radius 3 is 1.09 bits per heavy atom. The zero-order chi connectivity index (χ0) is 56.9. The molecule has 9 nitrogen and oxygen atoms in total. The smallest absolute Gasteiger partial charge is 0.361 e. The van der Waals surface area contributed by atoms with Gasteiger partial charge in [-0.15, -0.1) is 0 Å². The van der Waals surface area contributed by atoms with Crippen molar-refractivity contribution in [2.24, 2.45) is 0 Å². The Morgan fingerprint density at radius 1 is 0.397 bits per heavy atom. The zero-order valence-electron chi connectivity index (χ0n) is 50.3. The molecule has 9 heteroatoms. The molecule has 0 heterocycles. The van der Waals surface area contributed by atoms with Crippen molar-refractivity contribution < 1.29 is 42.9 Å². The number of hydrogen-bond donors (Lipinski definition) is 1. The molecule has 0 aliphatic carbocycles. The van der Waals surface area contributed by atoms with Gasteiger partial charge in [-0.25, -0.2) is 4.79 Å². The van der Waals surface area contributed by atoms with Crippen molar-refractivity contribution in [3.8, 4) is 0 Å². The van der Waals surface area contributed by atoms with E-state index in [9.17, 15) is 19.5 Å². The zero-order valence-corrected chi connectivity index (χ0v) is 50.3. The molecule has 78 heavy (non-hydrogen) atoms. The molecule has 0 fully saturated rings. The number of rotatable bonds is 55. The van der Waals surface area contributed by atoms with Crippen LogP contribution in [0.5, 0.6) is 0 Å². The number of esters is 2. The third-order valence-electron chi connectivity index (χ3n) is 12.7. The Bertz CT molecular complexity index is 1740. The van der Waals surface area contributed by atoms with Gasteiger partial charge in [-0.3, -0.25) is 9.59 Å². The van der Waals surface area contributed by atoms with Gasteiger partial charge in [0.05, 0.1) is 34.4 Å². The number of likely N-dealkylation sites (N-methyl/N-ethyl adjacent to an activating group) is 1. The molecule has 0 saturated carbocycles. The maximum Gasteiger partial charge on any atom is 0.361 e. The number of carbonyl (C=O) groups excluding carboxylic acids is 2. The second-order valence-corrected chi connectivity index (χ2v) is 21.3. The van der Waals surface area contributed by atoms with E-state index in [2.05, 4.69) is 148 Å². The Labute approximate surface area is 478 Å². The normalized spacial score (nSPS) is 13.7. The number of unbranched alkanes of at least 4 members (excludes halogenated alkanes) is 18. The van der Waals surface area contributed by atoms with Crippen molar-refractivity contribution in [2.45, 2.75) is 238 Å². The van der Waals surface area contributed by atoms with E-state index in [0.717, 1.165) is 122 Å². The van der Waals surface area contributed by atoms with Gasteiger partial charge in [0, 0.05) is 12.8 Å². The summed E-state index contributed by atoms with van der Waals surface area (Å²) in [5.41, 5.74) is 0. The molecule has 0 aliphatic heterocycles. The van der Waals surface area contributed by atoms with Crippen LogP contribution >= 0.6 is 0 Å². The van der Waals surface area contributed by atoms with Gasteiger partial charge in [0.15, 0.2) is 6.10 Å². The Hall–Kier alpha value is -4.57. The summed E-state index contributed by atoms with van der Waals surface area (Å²) in [4.78, 5) is 37.4. The number of ether oxygens (including phenoxy) is 4. The lowest BCUT2D eigenvalue weighted by Gasteiger charge is -2.25. The van der Waals surface area contributed by atoms with Crippen LogP contribution < -0.4 is 0 Å². The van der Waals surface area contributed by atoms with Crippen molar-refractivity contribution >= 4 is 17.9 Å². The molecule has 0 bridgehead atoms. The number of carbonyl (C=O) groups is 3. The summed E-state index contributed by atoms with van der Waals surface area (Å²) in [6, 6.07) is 0. The molecular weight excluding hydrogens is 971 g/mol. The molecule has 1 N–H and O–H groups in total. The molecule has 0 spiro atoms. The Balaban J connectivity index is 4.23. The fourth-order valence-corrected chi connectivity index (χ4v) is 7.96. The van der Waals surface area contributed by atoms with Gasteiger partial charge in [-0.1, -0.05) is 250 Å². The minimum Gasteiger partial charge on any atom is -0.477 e. The highest BCUT2D eigenvalue weighted by molar-refractivity contribution is 5.71. The fraction of sp³-hybridized carbons (Fsp3) is 0.638. The molecular formula is C69H114NO8+. The maximum absolute atomic E-state index is 12.9. The van der Waals surface area contributed by atoms with Crippen LogP contribution in [-0.4, -0.2) is 87.4 Å². The van der Waals surface area contributed by atoms with E-state index in [1.165, 1.54) is 70.6 Å². The van der Waals surface area contributed by atoms with E-state index in [4.69, 9.17) is 18.9 Å². The van der Waals surface area contributed by atoms with Gasteiger partial charge >= 0.3 is 17.9 Å². The lowest BCUT2D eigenvalue weighted by molar-refractivity contribution is -0.870. The average molecular weight is 1090 g/mol. The summed E-state index contributed by atoms with van der Waals surface area (Å²) >= 11 is 0. The highest BCUT2D eigenvalue weighted by atomic mass is 16.7. The average Bonchev–Trinajstić information content (AvgIpc) is 3.41. The fourth-order valence-electron chi connectivity index (χ4n) is 7.96. The molecule has 0 aliphatic rings. The first kappa shape index (κ1) is 73.4. The minimum atomic E-state index is -1.52. The molecule has 442 valence electrons. The van der Waals surface area contributed by atoms with Gasteiger partial charge in [0.1, 0.15) is 13.2 Å². The molecule has 0 aromatic rings. The molecule has 0 rings (SSSR count). The number of carboxylic acid groups (broad SMARTS) is 1. The number of nitrogens with zero attached hydrogens (tertiary/aromatic N) is 1. The monoisotopic (exact) mass is 1080 g/mol. The summed E-state index contributed by atoms with van der Waals surface area (Å²) in [7, 11) is 5.95. The van der Waals surface area contributed by atoms with E-state index >= 15 is 0 Å². The molecule has 0 radical (unpaired) electrons. The highest BCUT2D eigenvalue weighted by Crippen LogP contribution is 2.15. The first-order valence-corrected chi connectivity index (χ1v) is 30.8. The predicted octanol–water partition coefficient (Wildman–Crippen LogP) is 18.6. The SMILES string of the molecule is CC/C=C\C/C=C\C/C=C\C/C=C\C/C=C\C/C=C\C/C=C\C/C=C\C/C=C\C/C=C\C/C=C\CCCCCCCC(=O)OC(COC(=O)CCCCCCCCCCCCCCCC)COC(OCC[N+](C)(C)C)C(=O)O. The van der Waals surface area contributed by atoms with Crippen LogP contribution in [0, 0.1) is 0 Å². The van der Waals surface area contributed by atoms with Crippen molar-refractivity contribution in [1.29, 1.82) is 0 Å². The van der Waals surface area contributed by atoms with Crippen molar-refractivity contribution in [3.05, 3.63) is 134 Å². The molecule has 0 aromatic heterocycles. The van der Waals surface area contributed by atoms with Crippen molar-refractivity contribution in [2.75, 3.05) is 47.5 Å². The van der Waals surface area contributed by atoms with Crippen LogP contribution in [0.15, 0.2) is 134 Å². The van der Waals surface area contributed by atoms with E-state index in [0.29, 0.717) is 23.9 Å². The number of allylic oxidation sites excluding steroid dienone is 22. The lowest BCUT2D eigenvalue weighted by Crippen LogP contribution is -2.40. The highest BCUT2D eigenvalue weighted by Gasteiger charge is 2.25. The second-order valence-electron chi connectivity index (χ2n) is 21.3. The molecule has 0 aromatic carbocycles. The van der Waals surface area contributed by atoms with Crippen LogP contribution in [0.25, 0.3) is 0 Å². The topological polar surface area (TPSA) is 108 Å². The maximum atomic E-state index is 12.9. The predicted molar refractivity (Wildman–Crippen MR) is 331 cm³/mol. The summed E-state index contributed by atoms with van der Waals surface area (Å²) < 4.78 is 22.8.